The SMILES string of the molecule is O=C(C1=NN[C@@H]2C(=O)N(Cc3ccccc3)C(=O)[C@@H]12)c1ccc2ccccc2n1. The molecule has 0 spiro atoms. The van der Waals surface area contributed by atoms with Crippen LogP contribution in [-0.2, 0) is 16.1 Å². The number of hydrogen-bond acceptors (Lipinski definition) is 6. The number of para-hydroxylation sites is 1. The second kappa shape index (κ2) is 6.63. The number of benzene rings is 2. The van der Waals surface area contributed by atoms with Gasteiger partial charge in [0.25, 0.3) is 5.91 Å². The molecule has 3 heterocycles. The van der Waals surface area contributed by atoms with Gasteiger partial charge in [0.05, 0.1) is 12.1 Å². The molecule has 0 radical (unpaired) electrons. The number of carbonyl (C=O) groups excluding carboxylic acids is 3. The van der Waals surface area contributed by atoms with Crippen molar-refractivity contribution in [2.45, 2.75) is 12.6 Å². The number of ketones is 1. The molecule has 2 aliphatic rings. The summed E-state index contributed by atoms with van der Waals surface area (Å²) in [5.41, 5.74) is 4.44. The van der Waals surface area contributed by atoms with E-state index < -0.39 is 23.7 Å². The largest absolute Gasteiger partial charge is 0.296 e. The first kappa shape index (κ1) is 17.2. The lowest BCUT2D eigenvalue weighted by atomic mass is 9.94. The molecule has 2 atom stereocenters. The molecule has 2 aromatic carbocycles. The van der Waals surface area contributed by atoms with Gasteiger partial charge < -0.3 is 0 Å². The quantitative estimate of drug-likeness (QED) is 0.548. The van der Waals surface area contributed by atoms with Gasteiger partial charge in [0.1, 0.15) is 23.4 Å². The minimum atomic E-state index is -0.924. The number of imide groups is 1. The maximum Gasteiger partial charge on any atom is 0.254 e. The van der Waals surface area contributed by atoms with Crippen molar-refractivity contribution >= 4 is 34.2 Å². The number of likely N-dealkylation sites (tertiary alicyclic amines) is 1. The Morgan fingerprint density at radius 2 is 1.69 bits per heavy atom. The Morgan fingerprint density at radius 1 is 0.931 bits per heavy atom. The average molecular weight is 384 g/mol. The lowest BCUT2D eigenvalue weighted by Gasteiger charge is -2.15. The standard InChI is InChI=1S/C22H16N4O3/c27-20(16-11-10-14-8-4-5-9-15(14)23-16)18-17-19(25-24-18)22(29)26(21(17)28)12-13-6-2-1-3-7-13/h1-11,17,19,25H,12H2/t17-,19-/m0/s1. The highest BCUT2D eigenvalue weighted by atomic mass is 16.2. The van der Waals surface area contributed by atoms with Gasteiger partial charge in [-0.1, -0.05) is 54.6 Å². The molecule has 142 valence electrons. The van der Waals surface area contributed by atoms with E-state index in [9.17, 15) is 14.4 Å². The van der Waals surface area contributed by atoms with Gasteiger partial charge in [0, 0.05) is 5.39 Å². The summed E-state index contributed by atoms with van der Waals surface area (Å²) in [5.74, 6) is -2.16. The summed E-state index contributed by atoms with van der Waals surface area (Å²) in [6.07, 6.45) is 0. The van der Waals surface area contributed by atoms with Crippen molar-refractivity contribution in [2.75, 3.05) is 0 Å². The van der Waals surface area contributed by atoms with Gasteiger partial charge in [-0.15, -0.1) is 0 Å². The molecule has 3 aromatic rings. The number of hydrogen-bond donors (Lipinski definition) is 1. The van der Waals surface area contributed by atoms with E-state index in [1.807, 2.05) is 54.6 Å². The first-order valence-electron chi connectivity index (χ1n) is 9.26. The number of nitrogens with one attached hydrogen (secondary N) is 1. The van der Waals surface area contributed by atoms with Gasteiger partial charge in [-0.3, -0.25) is 24.7 Å². The molecule has 2 aliphatic heterocycles. The van der Waals surface area contributed by atoms with E-state index in [4.69, 9.17) is 0 Å². The summed E-state index contributed by atoms with van der Waals surface area (Å²) in [7, 11) is 0. The molecule has 0 saturated carbocycles. The van der Waals surface area contributed by atoms with Crippen LogP contribution in [-0.4, -0.2) is 39.2 Å². The van der Waals surface area contributed by atoms with Crippen LogP contribution >= 0.6 is 0 Å². The van der Waals surface area contributed by atoms with E-state index in [1.165, 1.54) is 4.90 Å². The smallest absolute Gasteiger partial charge is 0.254 e. The zero-order chi connectivity index (χ0) is 20.0. The van der Waals surface area contributed by atoms with Gasteiger partial charge in [-0.05, 0) is 17.7 Å². The van der Waals surface area contributed by atoms with Gasteiger partial charge >= 0.3 is 0 Å². The van der Waals surface area contributed by atoms with Gasteiger partial charge in [-0.25, -0.2) is 4.98 Å². The Hall–Kier alpha value is -3.87. The number of Topliss-reactive ketones (excluding diaryl/α,β-unsaturated/α-hetero) is 1. The first-order valence-corrected chi connectivity index (χ1v) is 9.26. The molecule has 5 rings (SSSR count). The zero-order valence-corrected chi connectivity index (χ0v) is 15.3. The molecule has 0 unspecified atom stereocenters. The van der Waals surface area contributed by atoms with Crippen LogP contribution < -0.4 is 5.43 Å². The minimum absolute atomic E-state index is 0.0340. The molecule has 7 nitrogen and oxygen atoms in total. The van der Waals surface area contributed by atoms with E-state index in [0.717, 1.165) is 10.9 Å². The number of fused-ring (bicyclic) bond motifs is 2. The van der Waals surface area contributed by atoms with Crippen LogP contribution in [0, 0.1) is 5.92 Å². The Morgan fingerprint density at radius 3 is 2.52 bits per heavy atom. The van der Waals surface area contributed by atoms with Crippen LogP contribution in [0.2, 0.25) is 0 Å². The van der Waals surface area contributed by atoms with Crippen LogP contribution in [0.15, 0.2) is 71.8 Å². The zero-order valence-electron chi connectivity index (χ0n) is 15.3. The third kappa shape index (κ3) is 2.79. The topological polar surface area (TPSA) is 91.7 Å². The molecule has 1 N–H and O–H groups in total. The number of nitrogens with zero attached hydrogens (tertiary/aromatic N) is 3. The fraction of sp³-hybridized carbons (Fsp3) is 0.136. The van der Waals surface area contributed by atoms with Crippen LogP contribution in [0.25, 0.3) is 10.9 Å². The number of hydrazone groups is 1. The molecular formula is C22H16N4O3. The number of amides is 2. The van der Waals surface area contributed by atoms with Crippen LogP contribution in [0.4, 0.5) is 0 Å². The molecule has 0 aliphatic carbocycles. The lowest BCUT2D eigenvalue weighted by molar-refractivity contribution is -0.140. The molecule has 1 aromatic heterocycles. The summed E-state index contributed by atoms with van der Waals surface area (Å²) in [6.45, 7) is 0.170. The highest BCUT2D eigenvalue weighted by Crippen LogP contribution is 2.28. The number of pyridine rings is 1. The second-order valence-electron chi connectivity index (χ2n) is 7.05. The third-order valence-electron chi connectivity index (χ3n) is 5.26. The Labute approximate surface area is 166 Å². The van der Waals surface area contributed by atoms with Crippen LogP contribution in [0.1, 0.15) is 16.1 Å². The van der Waals surface area contributed by atoms with Crippen molar-refractivity contribution < 1.29 is 14.4 Å². The predicted octanol–water partition coefficient (Wildman–Crippen LogP) is 1.93. The van der Waals surface area contributed by atoms with E-state index >= 15 is 0 Å². The Balaban J connectivity index is 1.43. The number of aromatic nitrogens is 1. The molecule has 7 heteroatoms. The van der Waals surface area contributed by atoms with E-state index in [-0.39, 0.29) is 23.9 Å². The summed E-state index contributed by atoms with van der Waals surface area (Å²) >= 11 is 0. The maximum absolute atomic E-state index is 13.0. The van der Waals surface area contributed by atoms with Crippen LogP contribution in [0.5, 0.6) is 0 Å². The Kier molecular flexibility index (Phi) is 3.94. The first-order chi connectivity index (χ1) is 14.1. The van der Waals surface area contributed by atoms with Gasteiger partial charge in [0.15, 0.2) is 0 Å². The summed E-state index contributed by atoms with van der Waals surface area (Å²) in [5, 5.41) is 4.94. The monoisotopic (exact) mass is 384 g/mol. The van der Waals surface area contributed by atoms with E-state index in [1.54, 1.807) is 12.1 Å². The average Bonchev–Trinajstić information content (AvgIpc) is 3.30. The molecule has 1 fully saturated rings. The second-order valence-corrected chi connectivity index (χ2v) is 7.05. The molecule has 1 saturated heterocycles. The van der Waals surface area contributed by atoms with Crippen molar-refractivity contribution in [3.63, 3.8) is 0 Å². The van der Waals surface area contributed by atoms with E-state index in [2.05, 4.69) is 15.5 Å². The van der Waals surface area contributed by atoms with Crippen molar-refractivity contribution in [3.05, 3.63) is 78.0 Å². The number of carbonyl (C=O) groups is 3. The normalized spacial score (nSPS) is 20.6. The van der Waals surface area contributed by atoms with E-state index in [0.29, 0.717) is 5.52 Å². The summed E-state index contributed by atoms with van der Waals surface area (Å²) < 4.78 is 0. The van der Waals surface area contributed by atoms with Crippen molar-refractivity contribution in [3.8, 4) is 0 Å². The Bertz CT molecular complexity index is 1190. The summed E-state index contributed by atoms with van der Waals surface area (Å²) in [4.78, 5) is 44.3. The van der Waals surface area contributed by atoms with Crippen molar-refractivity contribution in [2.24, 2.45) is 11.0 Å². The highest BCUT2D eigenvalue weighted by Gasteiger charge is 2.54. The van der Waals surface area contributed by atoms with Crippen LogP contribution in [0.3, 0.4) is 0 Å². The predicted molar refractivity (Wildman–Crippen MR) is 106 cm³/mol. The summed E-state index contributed by atoms with van der Waals surface area (Å²) in [6, 6.07) is 19.3. The fourth-order valence-electron chi connectivity index (χ4n) is 3.78. The highest BCUT2D eigenvalue weighted by molar-refractivity contribution is 6.51. The number of rotatable bonds is 4. The van der Waals surface area contributed by atoms with Crippen molar-refractivity contribution in [1.82, 2.24) is 15.3 Å². The molecule has 0 bridgehead atoms. The molecule has 2 amide bonds. The third-order valence-corrected chi connectivity index (χ3v) is 5.26. The lowest BCUT2D eigenvalue weighted by Crippen LogP contribution is -2.35. The van der Waals surface area contributed by atoms with Gasteiger partial charge in [-0.2, -0.15) is 5.10 Å². The molecule has 29 heavy (non-hydrogen) atoms. The maximum atomic E-state index is 13.0. The molecular weight excluding hydrogens is 368 g/mol. The van der Waals surface area contributed by atoms with Gasteiger partial charge in [0.2, 0.25) is 11.7 Å². The van der Waals surface area contributed by atoms with Crippen molar-refractivity contribution in [1.29, 1.82) is 0 Å². The fourth-order valence-corrected chi connectivity index (χ4v) is 3.78. The minimum Gasteiger partial charge on any atom is -0.296 e.